The molecule has 0 saturated carbocycles. The lowest BCUT2D eigenvalue weighted by Gasteiger charge is -2.02. The summed E-state index contributed by atoms with van der Waals surface area (Å²) in [6.07, 6.45) is 0. The Bertz CT molecular complexity index is 842. The molecule has 0 aliphatic carbocycles. The van der Waals surface area contributed by atoms with Gasteiger partial charge in [0.2, 0.25) is 0 Å². The molecule has 0 aliphatic heterocycles. The highest BCUT2D eigenvalue weighted by molar-refractivity contribution is 7.28. The van der Waals surface area contributed by atoms with E-state index in [1.165, 1.54) is 14.3 Å². The van der Waals surface area contributed by atoms with E-state index in [9.17, 15) is 0 Å². The summed E-state index contributed by atoms with van der Waals surface area (Å²) >= 11 is 3.52. The fourth-order valence-corrected chi connectivity index (χ4v) is 4.43. The molecule has 3 aromatic heterocycles. The molecule has 0 saturated heterocycles. The van der Waals surface area contributed by atoms with Crippen LogP contribution < -0.4 is 5.73 Å². The van der Waals surface area contributed by atoms with Gasteiger partial charge in [-0.05, 0) is 23.1 Å². The Morgan fingerprint density at radius 3 is 2.70 bits per heavy atom. The van der Waals surface area contributed by atoms with E-state index in [0.717, 1.165) is 16.8 Å². The zero-order valence-electron chi connectivity index (χ0n) is 10.5. The molecule has 0 atom stereocenters. The van der Waals surface area contributed by atoms with Crippen molar-refractivity contribution in [2.45, 2.75) is 0 Å². The Labute approximate surface area is 123 Å². The highest BCUT2D eigenvalue weighted by Crippen LogP contribution is 2.41. The summed E-state index contributed by atoms with van der Waals surface area (Å²) in [7, 11) is 0. The van der Waals surface area contributed by atoms with Crippen molar-refractivity contribution < 1.29 is 0 Å². The standard InChI is InChI=1S/C15H11N3S2/c16-15-13(9-4-2-1-3-5-9)14(17-18-15)12-8-11-10(20-12)6-7-19-11/h1-8H,(H3,16,17,18). The first-order chi connectivity index (χ1) is 9.83. The summed E-state index contributed by atoms with van der Waals surface area (Å²) in [5, 5.41) is 9.38. The number of benzene rings is 1. The van der Waals surface area contributed by atoms with Gasteiger partial charge >= 0.3 is 0 Å². The van der Waals surface area contributed by atoms with Gasteiger partial charge in [0.05, 0.1) is 16.1 Å². The lowest BCUT2D eigenvalue weighted by molar-refractivity contribution is 1.11. The van der Waals surface area contributed by atoms with Crippen LogP contribution in [0.5, 0.6) is 0 Å². The van der Waals surface area contributed by atoms with Crippen LogP contribution in [0.3, 0.4) is 0 Å². The van der Waals surface area contributed by atoms with Gasteiger partial charge in [-0.3, -0.25) is 5.10 Å². The van der Waals surface area contributed by atoms with Gasteiger partial charge in [0.25, 0.3) is 0 Å². The number of rotatable bonds is 2. The summed E-state index contributed by atoms with van der Waals surface area (Å²) in [4.78, 5) is 1.18. The average molecular weight is 297 g/mol. The fraction of sp³-hybridized carbons (Fsp3) is 0. The number of nitrogens with two attached hydrogens (primary N) is 1. The van der Waals surface area contributed by atoms with Gasteiger partial charge in [-0.15, -0.1) is 22.7 Å². The van der Waals surface area contributed by atoms with Gasteiger partial charge in [-0.1, -0.05) is 30.3 Å². The second kappa shape index (κ2) is 4.47. The van der Waals surface area contributed by atoms with Crippen molar-refractivity contribution in [3.05, 3.63) is 47.8 Å². The van der Waals surface area contributed by atoms with Crippen LogP contribution in [0.15, 0.2) is 47.8 Å². The monoisotopic (exact) mass is 297 g/mol. The van der Waals surface area contributed by atoms with Crippen LogP contribution in [0, 0.1) is 0 Å². The van der Waals surface area contributed by atoms with E-state index in [4.69, 9.17) is 5.73 Å². The van der Waals surface area contributed by atoms with E-state index in [1.807, 2.05) is 18.2 Å². The molecular formula is C15H11N3S2. The Kier molecular flexibility index (Phi) is 2.61. The van der Waals surface area contributed by atoms with Crippen LogP contribution in [0.25, 0.3) is 31.1 Å². The molecule has 3 N–H and O–H groups in total. The van der Waals surface area contributed by atoms with Gasteiger partial charge in [-0.2, -0.15) is 5.10 Å². The van der Waals surface area contributed by atoms with Crippen molar-refractivity contribution in [3.63, 3.8) is 0 Å². The van der Waals surface area contributed by atoms with Crippen molar-refractivity contribution in [1.82, 2.24) is 10.2 Å². The number of fused-ring (bicyclic) bond motifs is 1. The molecule has 0 bridgehead atoms. The largest absolute Gasteiger partial charge is 0.382 e. The maximum atomic E-state index is 6.05. The quantitative estimate of drug-likeness (QED) is 0.568. The molecule has 0 amide bonds. The molecule has 4 aromatic rings. The summed E-state index contributed by atoms with van der Waals surface area (Å²) in [5.41, 5.74) is 9.12. The number of hydrogen-bond donors (Lipinski definition) is 2. The molecule has 1 aromatic carbocycles. The molecule has 5 heteroatoms. The Morgan fingerprint density at radius 2 is 1.90 bits per heavy atom. The van der Waals surface area contributed by atoms with Gasteiger partial charge in [0.15, 0.2) is 5.82 Å². The maximum Gasteiger partial charge on any atom is 0.153 e. The first-order valence-corrected chi connectivity index (χ1v) is 7.89. The van der Waals surface area contributed by atoms with Crippen molar-refractivity contribution in [1.29, 1.82) is 0 Å². The minimum absolute atomic E-state index is 0.544. The Hall–Kier alpha value is -2.11. The normalized spacial score (nSPS) is 11.2. The molecule has 3 heterocycles. The highest BCUT2D eigenvalue weighted by atomic mass is 32.1. The van der Waals surface area contributed by atoms with E-state index in [1.54, 1.807) is 22.7 Å². The third-order valence-electron chi connectivity index (χ3n) is 3.24. The number of aromatic nitrogens is 2. The van der Waals surface area contributed by atoms with Crippen molar-refractivity contribution in [3.8, 4) is 21.7 Å². The van der Waals surface area contributed by atoms with Gasteiger partial charge in [0, 0.05) is 9.40 Å². The smallest absolute Gasteiger partial charge is 0.153 e. The van der Waals surface area contributed by atoms with Crippen LogP contribution in [0.2, 0.25) is 0 Å². The minimum atomic E-state index is 0.544. The zero-order valence-corrected chi connectivity index (χ0v) is 12.1. The van der Waals surface area contributed by atoms with E-state index in [-0.39, 0.29) is 0 Å². The predicted molar refractivity (Wildman–Crippen MR) is 87.1 cm³/mol. The Morgan fingerprint density at radius 1 is 1.05 bits per heavy atom. The second-order valence-corrected chi connectivity index (χ2v) is 6.52. The average Bonchev–Trinajstić information content (AvgIpc) is 3.12. The van der Waals surface area contributed by atoms with E-state index >= 15 is 0 Å². The summed E-state index contributed by atoms with van der Waals surface area (Å²) < 4.78 is 2.61. The third-order valence-corrected chi connectivity index (χ3v) is 5.35. The number of nitrogens with zero attached hydrogens (tertiary/aromatic N) is 1. The predicted octanol–water partition coefficient (Wildman–Crippen LogP) is 4.60. The highest BCUT2D eigenvalue weighted by Gasteiger charge is 2.16. The van der Waals surface area contributed by atoms with E-state index in [0.29, 0.717) is 5.82 Å². The molecule has 98 valence electrons. The molecule has 0 radical (unpaired) electrons. The third kappa shape index (κ3) is 1.75. The summed E-state index contributed by atoms with van der Waals surface area (Å²) in [6.45, 7) is 0. The Balaban J connectivity index is 1.93. The minimum Gasteiger partial charge on any atom is -0.382 e. The topological polar surface area (TPSA) is 54.7 Å². The SMILES string of the molecule is Nc1n[nH]c(-c2cc3sccc3s2)c1-c1ccccc1. The van der Waals surface area contributed by atoms with Crippen molar-refractivity contribution in [2.24, 2.45) is 0 Å². The van der Waals surface area contributed by atoms with Crippen LogP contribution in [-0.4, -0.2) is 10.2 Å². The van der Waals surface area contributed by atoms with Crippen LogP contribution in [0.4, 0.5) is 5.82 Å². The number of aromatic amines is 1. The summed E-state index contributed by atoms with van der Waals surface area (Å²) in [5.74, 6) is 0.544. The number of H-pyrrole nitrogens is 1. The molecule has 4 rings (SSSR count). The fourth-order valence-electron chi connectivity index (χ4n) is 2.32. The molecule has 0 aliphatic rings. The lowest BCUT2D eigenvalue weighted by atomic mass is 10.0. The molecule has 20 heavy (non-hydrogen) atoms. The van der Waals surface area contributed by atoms with E-state index in [2.05, 4.69) is 39.8 Å². The maximum absolute atomic E-state index is 6.05. The number of hydrogen-bond acceptors (Lipinski definition) is 4. The molecule has 0 unspecified atom stereocenters. The van der Waals surface area contributed by atoms with Gasteiger partial charge in [-0.25, -0.2) is 0 Å². The first kappa shape index (κ1) is 11.7. The first-order valence-electron chi connectivity index (χ1n) is 6.19. The van der Waals surface area contributed by atoms with Crippen LogP contribution in [-0.2, 0) is 0 Å². The number of nitrogens with one attached hydrogen (secondary N) is 1. The van der Waals surface area contributed by atoms with Crippen molar-refractivity contribution in [2.75, 3.05) is 5.73 Å². The van der Waals surface area contributed by atoms with Gasteiger partial charge < -0.3 is 5.73 Å². The second-order valence-electron chi connectivity index (χ2n) is 4.48. The molecular weight excluding hydrogens is 286 g/mol. The van der Waals surface area contributed by atoms with Crippen LogP contribution in [0.1, 0.15) is 0 Å². The lowest BCUT2D eigenvalue weighted by Crippen LogP contribution is -1.87. The molecule has 0 fully saturated rings. The number of thiophene rings is 2. The van der Waals surface area contributed by atoms with Crippen molar-refractivity contribution >= 4 is 37.9 Å². The van der Waals surface area contributed by atoms with Gasteiger partial charge in [0.1, 0.15) is 0 Å². The van der Waals surface area contributed by atoms with Crippen LogP contribution >= 0.6 is 22.7 Å². The molecule has 3 nitrogen and oxygen atoms in total. The zero-order chi connectivity index (χ0) is 13.5. The summed E-state index contributed by atoms with van der Waals surface area (Å²) in [6, 6.07) is 14.5. The molecule has 0 spiro atoms. The van der Waals surface area contributed by atoms with E-state index < -0.39 is 0 Å². The number of anilines is 1. The number of nitrogen functional groups attached to an aromatic ring is 1.